The summed E-state index contributed by atoms with van der Waals surface area (Å²) in [5.74, 6) is 3.01. The zero-order valence-electron chi connectivity index (χ0n) is 17.3. The molecule has 0 unspecified atom stereocenters. The lowest BCUT2D eigenvalue weighted by molar-refractivity contribution is -0.139. The Balaban J connectivity index is 1.48. The van der Waals surface area contributed by atoms with Crippen molar-refractivity contribution in [1.29, 1.82) is 0 Å². The van der Waals surface area contributed by atoms with Gasteiger partial charge in [-0.05, 0) is 44.1 Å². The van der Waals surface area contributed by atoms with E-state index in [2.05, 4.69) is 4.90 Å². The van der Waals surface area contributed by atoms with Crippen LogP contribution in [-0.4, -0.2) is 47.0 Å². The molecule has 5 nitrogen and oxygen atoms in total. The van der Waals surface area contributed by atoms with Gasteiger partial charge in [0, 0.05) is 42.4 Å². The third-order valence-corrected chi connectivity index (χ3v) is 7.45. The fraction of sp³-hybridized carbons (Fsp3) is 0.682. The standard InChI is InChI=1S/C22H30N4OS/c1-22(2,3)21(27)26-12-10-25(11-13-26)19-17-15-6-4-5-7-16(15)28-20(17)24-18(23-19)14-8-9-14/h14H,4-13H2,1-3H3. The highest BCUT2D eigenvalue weighted by Gasteiger charge is 2.33. The molecule has 150 valence electrons. The van der Waals surface area contributed by atoms with Crippen LogP contribution >= 0.6 is 11.3 Å². The average Bonchev–Trinajstić information content (AvgIpc) is 3.46. The molecule has 5 rings (SSSR count). The fourth-order valence-electron chi connectivity index (χ4n) is 4.50. The summed E-state index contributed by atoms with van der Waals surface area (Å²) < 4.78 is 0. The second-order valence-electron chi connectivity index (χ2n) is 9.60. The van der Waals surface area contributed by atoms with Crippen LogP contribution in [0.2, 0.25) is 0 Å². The van der Waals surface area contributed by atoms with Gasteiger partial charge in [0.15, 0.2) is 0 Å². The van der Waals surface area contributed by atoms with Crippen LogP contribution in [0.15, 0.2) is 0 Å². The van der Waals surface area contributed by atoms with Crippen LogP contribution in [0.25, 0.3) is 10.2 Å². The molecular formula is C22H30N4OS. The molecular weight excluding hydrogens is 368 g/mol. The molecule has 0 atom stereocenters. The number of piperazine rings is 1. The van der Waals surface area contributed by atoms with E-state index in [1.807, 2.05) is 37.0 Å². The number of anilines is 1. The number of carbonyl (C=O) groups is 1. The first-order valence-electron chi connectivity index (χ1n) is 10.8. The largest absolute Gasteiger partial charge is 0.352 e. The summed E-state index contributed by atoms with van der Waals surface area (Å²) >= 11 is 1.90. The van der Waals surface area contributed by atoms with E-state index in [9.17, 15) is 4.79 Å². The third-order valence-electron chi connectivity index (χ3n) is 6.26. The van der Waals surface area contributed by atoms with E-state index in [0.29, 0.717) is 5.92 Å². The van der Waals surface area contributed by atoms with Crippen LogP contribution in [0.3, 0.4) is 0 Å². The Morgan fingerprint density at radius 3 is 2.43 bits per heavy atom. The van der Waals surface area contributed by atoms with Gasteiger partial charge in [-0.1, -0.05) is 20.8 Å². The highest BCUT2D eigenvalue weighted by molar-refractivity contribution is 7.19. The zero-order valence-corrected chi connectivity index (χ0v) is 18.1. The number of rotatable bonds is 2. The molecule has 1 saturated carbocycles. The van der Waals surface area contributed by atoms with E-state index in [0.717, 1.165) is 44.2 Å². The van der Waals surface area contributed by atoms with Gasteiger partial charge in [0.1, 0.15) is 16.5 Å². The summed E-state index contributed by atoms with van der Waals surface area (Å²) in [5.41, 5.74) is 1.20. The number of amides is 1. The summed E-state index contributed by atoms with van der Waals surface area (Å²) in [5, 5.41) is 1.32. The Morgan fingerprint density at radius 2 is 1.75 bits per heavy atom. The molecule has 1 amide bonds. The summed E-state index contributed by atoms with van der Waals surface area (Å²) in [6, 6.07) is 0. The maximum Gasteiger partial charge on any atom is 0.228 e. The highest BCUT2D eigenvalue weighted by atomic mass is 32.1. The van der Waals surface area contributed by atoms with Crippen molar-refractivity contribution >= 4 is 33.3 Å². The second kappa shape index (κ2) is 6.68. The Kier molecular flexibility index (Phi) is 4.38. The lowest BCUT2D eigenvalue weighted by Crippen LogP contribution is -2.52. The molecule has 1 saturated heterocycles. The predicted molar refractivity (Wildman–Crippen MR) is 114 cm³/mol. The van der Waals surface area contributed by atoms with E-state index in [4.69, 9.17) is 9.97 Å². The van der Waals surface area contributed by atoms with Crippen LogP contribution in [0.4, 0.5) is 5.82 Å². The fourth-order valence-corrected chi connectivity index (χ4v) is 5.77. The van der Waals surface area contributed by atoms with Crippen LogP contribution in [-0.2, 0) is 17.6 Å². The maximum absolute atomic E-state index is 12.7. The van der Waals surface area contributed by atoms with Crippen molar-refractivity contribution in [1.82, 2.24) is 14.9 Å². The highest BCUT2D eigenvalue weighted by Crippen LogP contribution is 2.44. The smallest absolute Gasteiger partial charge is 0.228 e. The van der Waals surface area contributed by atoms with Gasteiger partial charge in [0.2, 0.25) is 5.91 Å². The summed E-state index contributed by atoms with van der Waals surface area (Å²) in [6.07, 6.45) is 7.38. The van der Waals surface area contributed by atoms with Crippen molar-refractivity contribution in [3.05, 3.63) is 16.3 Å². The SMILES string of the molecule is CC(C)(C)C(=O)N1CCN(c2nc(C3CC3)nc3sc4c(c23)CCCC4)CC1. The van der Waals surface area contributed by atoms with Crippen molar-refractivity contribution in [2.45, 2.75) is 65.2 Å². The second-order valence-corrected chi connectivity index (χ2v) is 10.7. The number of aromatic nitrogens is 2. The minimum absolute atomic E-state index is 0.256. The molecule has 2 aromatic heterocycles. The van der Waals surface area contributed by atoms with Gasteiger partial charge in [0.25, 0.3) is 0 Å². The van der Waals surface area contributed by atoms with Gasteiger partial charge in [-0.3, -0.25) is 4.79 Å². The number of carbonyl (C=O) groups excluding carboxylic acids is 1. The number of aryl methyl sites for hydroxylation is 2. The number of hydrogen-bond acceptors (Lipinski definition) is 5. The molecule has 6 heteroatoms. The first kappa shape index (κ1) is 18.3. The Bertz CT molecular complexity index is 917. The Morgan fingerprint density at radius 1 is 1.04 bits per heavy atom. The van der Waals surface area contributed by atoms with Crippen molar-refractivity contribution < 1.29 is 4.79 Å². The molecule has 2 fully saturated rings. The molecule has 0 aromatic carbocycles. The lowest BCUT2D eigenvalue weighted by atomic mass is 9.94. The number of thiophene rings is 1. The molecule has 0 spiro atoms. The summed E-state index contributed by atoms with van der Waals surface area (Å²) in [4.78, 5) is 29.9. The van der Waals surface area contributed by atoms with Crippen LogP contribution in [0.1, 0.15) is 68.6 Å². The van der Waals surface area contributed by atoms with E-state index in [1.54, 1.807) is 0 Å². The minimum atomic E-state index is -0.310. The quantitative estimate of drug-likeness (QED) is 0.763. The average molecular weight is 399 g/mol. The molecule has 3 aliphatic rings. The first-order valence-corrected chi connectivity index (χ1v) is 11.6. The van der Waals surface area contributed by atoms with Crippen LogP contribution < -0.4 is 4.90 Å². The Labute approximate surface area is 171 Å². The zero-order chi connectivity index (χ0) is 19.5. The molecule has 0 bridgehead atoms. The van der Waals surface area contributed by atoms with Gasteiger partial charge < -0.3 is 9.80 Å². The predicted octanol–water partition coefficient (Wildman–Crippen LogP) is 4.14. The van der Waals surface area contributed by atoms with Crippen molar-refractivity contribution in [2.24, 2.45) is 5.41 Å². The summed E-state index contributed by atoms with van der Waals surface area (Å²) in [7, 11) is 0. The summed E-state index contributed by atoms with van der Waals surface area (Å²) in [6.45, 7) is 9.32. The number of fused-ring (bicyclic) bond motifs is 3. The van der Waals surface area contributed by atoms with Crippen LogP contribution in [0, 0.1) is 5.41 Å². The van der Waals surface area contributed by atoms with Crippen molar-refractivity contribution in [3.8, 4) is 0 Å². The van der Waals surface area contributed by atoms with Crippen LogP contribution in [0.5, 0.6) is 0 Å². The van der Waals surface area contributed by atoms with Gasteiger partial charge in [-0.15, -0.1) is 11.3 Å². The number of hydrogen-bond donors (Lipinski definition) is 0. The molecule has 1 aliphatic heterocycles. The molecule has 0 N–H and O–H groups in total. The molecule has 2 aliphatic carbocycles. The van der Waals surface area contributed by atoms with Gasteiger partial charge in [-0.2, -0.15) is 0 Å². The van der Waals surface area contributed by atoms with E-state index < -0.39 is 0 Å². The molecule has 3 heterocycles. The maximum atomic E-state index is 12.7. The van der Waals surface area contributed by atoms with Gasteiger partial charge >= 0.3 is 0 Å². The lowest BCUT2D eigenvalue weighted by Gasteiger charge is -2.38. The molecule has 0 radical (unpaired) electrons. The van der Waals surface area contributed by atoms with Crippen molar-refractivity contribution in [2.75, 3.05) is 31.1 Å². The number of nitrogens with zero attached hydrogens (tertiary/aromatic N) is 4. The van der Waals surface area contributed by atoms with Gasteiger partial charge in [-0.25, -0.2) is 9.97 Å². The van der Waals surface area contributed by atoms with Gasteiger partial charge in [0.05, 0.1) is 5.39 Å². The molecule has 28 heavy (non-hydrogen) atoms. The molecule has 2 aromatic rings. The minimum Gasteiger partial charge on any atom is -0.352 e. The third kappa shape index (κ3) is 3.19. The Hall–Kier alpha value is -1.69. The van der Waals surface area contributed by atoms with E-state index in [1.165, 1.54) is 52.8 Å². The monoisotopic (exact) mass is 398 g/mol. The topological polar surface area (TPSA) is 49.3 Å². The normalized spacial score (nSPS) is 20.5. The van der Waals surface area contributed by atoms with Crippen molar-refractivity contribution in [3.63, 3.8) is 0 Å². The first-order chi connectivity index (χ1) is 13.4. The van der Waals surface area contributed by atoms with E-state index in [-0.39, 0.29) is 11.3 Å². The van der Waals surface area contributed by atoms with E-state index >= 15 is 0 Å².